The fraction of sp³-hybridized carbons (Fsp3) is 0.407. The van der Waals surface area contributed by atoms with Crippen LogP contribution in [0.2, 0.25) is 0 Å². The van der Waals surface area contributed by atoms with Crippen LogP contribution in [-0.2, 0) is 9.53 Å². The summed E-state index contributed by atoms with van der Waals surface area (Å²) in [7, 11) is 0. The summed E-state index contributed by atoms with van der Waals surface area (Å²) in [5.74, 6) is -0.294. The number of halogens is 1. The van der Waals surface area contributed by atoms with E-state index in [1.54, 1.807) is 29.2 Å². The van der Waals surface area contributed by atoms with Crippen LogP contribution in [0.4, 0.5) is 10.1 Å². The van der Waals surface area contributed by atoms with Gasteiger partial charge in [-0.05, 0) is 80.5 Å². The molecule has 0 radical (unpaired) electrons. The highest BCUT2D eigenvalue weighted by Gasteiger charge is 2.36. The third-order valence-corrected chi connectivity index (χ3v) is 8.05. The van der Waals surface area contributed by atoms with Gasteiger partial charge >= 0.3 is 5.97 Å². The van der Waals surface area contributed by atoms with Gasteiger partial charge in [0.15, 0.2) is 0 Å². The quantitative estimate of drug-likeness (QED) is 0.355. The van der Waals surface area contributed by atoms with E-state index in [0.717, 1.165) is 48.9 Å². The van der Waals surface area contributed by atoms with Gasteiger partial charge in [0.25, 0.3) is 0 Å². The number of hydrogen-bond acceptors (Lipinski definition) is 4. The molecule has 0 spiro atoms. The predicted molar refractivity (Wildman–Crippen MR) is 131 cm³/mol. The molecule has 174 valence electrons. The molecule has 0 N–H and O–H groups in total. The average Bonchev–Trinajstić information content (AvgIpc) is 3.19. The van der Waals surface area contributed by atoms with Crippen molar-refractivity contribution in [2.75, 3.05) is 17.3 Å². The lowest BCUT2D eigenvalue weighted by molar-refractivity contribution is -0.115. The van der Waals surface area contributed by atoms with Crippen LogP contribution in [0.5, 0.6) is 0 Å². The maximum Gasteiger partial charge on any atom is 0.338 e. The number of nitrogens with zero attached hydrogens (tertiary/aromatic N) is 1. The molecule has 0 bridgehead atoms. The second kappa shape index (κ2) is 9.72. The van der Waals surface area contributed by atoms with Crippen molar-refractivity contribution in [1.82, 2.24) is 0 Å². The molecule has 1 heterocycles. The lowest BCUT2D eigenvalue weighted by Crippen LogP contribution is -2.31. The first-order chi connectivity index (χ1) is 15.8. The number of allylic oxidation sites excluding steroid dienone is 1. The zero-order chi connectivity index (χ0) is 23.6. The van der Waals surface area contributed by atoms with Gasteiger partial charge in [-0.25, -0.2) is 9.18 Å². The molecule has 0 aromatic heterocycles. The summed E-state index contributed by atoms with van der Waals surface area (Å²) in [5, 5.41) is -0.224. The monoisotopic (exact) mass is 467 g/mol. The van der Waals surface area contributed by atoms with Crippen molar-refractivity contribution in [1.29, 1.82) is 0 Å². The van der Waals surface area contributed by atoms with E-state index < -0.39 is 0 Å². The standard InChI is InChI=1S/C27H30FNO3S/c1-4-27(13-5-6-18(2)15-27)17-32-26(31)21-9-12-23(19(3)14-21)29-24(30)16-33-25(29)20-7-10-22(28)11-8-20/h7-12,14,25H,2,4-6,13,15-17H2,1,3H3. The van der Waals surface area contributed by atoms with Crippen molar-refractivity contribution in [3.05, 3.63) is 77.1 Å². The molecule has 1 saturated heterocycles. The SMILES string of the molecule is C=C1CCCC(CC)(COC(=O)c2ccc(N3C(=O)CSC3c3ccc(F)cc3)c(C)c2)C1. The number of benzene rings is 2. The first-order valence-corrected chi connectivity index (χ1v) is 12.5. The van der Waals surface area contributed by atoms with Gasteiger partial charge in [-0.2, -0.15) is 0 Å². The molecule has 33 heavy (non-hydrogen) atoms. The Labute approximate surface area is 199 Å². The van der Waals surface area contributed by atoms with Crippen molar-refractivity contribution in [2.45, 2.75) is 51.3 Å². The number of carbonyl (C=O) groups is 2. The number of thioether (sulfide) groups is 1. The minimum Gasteiger partial charge on any atom is -0.461 e. The molecule has 2 unspecified atom stereocenters. The summed E-state index contributed by atoms with van der Waals surface area (Å²) < 4.78 is 19.1. The third kappa shape index (κ3) is 5.01. The first kappa shape index (κ1) is 23.6. The Hall–Kier alpha value is -2.60. The molecule has 6 heteroatoms. The number of amides is 1. The number of rotatable bonds is 6. The number of esters is 1. The van der Waals surface area contributed by atoms with E-state index in [1.165, 1.54) is 29.5 Å². The van der Waals surface area contributed by atoms with Gasteiger partial charge in [0.05, 0.1) is 17.9 Å². The number of aryl methyl sites for hydroxylation is 1. The number of carbonyl (C=O) groups excluding carboxylic acids is 2. The van der Waals surface area contributed by atoms with E-state index in [0.29, 0.717) is 17.9 Å². The Morgan fingerprint density at radius 1 is 1.27 bits per heavy atom. The highest BCUT2D eigenvalue weighted by molar-refractivity contribution is 8.00. The molecular weight excluding hydrogens is 437 g/mol. The van der Waals surface area contributed by atoms with Gasteiger partial charge in [-0.3, -0.25) is 9.69 Å². The van der Waals surface area contributed by atoms with Crippen molar-refractivity contribution < 1.29 is 18.7 Å². The molecule has 1 aliphatic carbocycles. The molecule has 4 nitrogen and oxygen atoms in total. The summed E-state index contributed by atoms with van der Waals surface area (Å²) in [6.07, 6.45) is 5.07. The van der Waals surface area contributed by atoms with E-state index >= 15 is 0 Å². The zero-order valence-electron chi connectivity index (χ0n) is 19.2. The normalized spacial score (nSPS) is 23.1. The second-order valence-electron chi connectivity index (χ2n) is 9.19. The zero-order valence-corrected chi connectivity index (χ0v) is 20.1. The summed E-state index contributed by atoms with van der Waals surface area (Å²) in [4.78, 5) is 27.3. The van der Waals surface area contributed by atoms with Crippen LogP contribution in [0.1, 0.15) is 65.9 Å². The van der Waals surface area contributed by atoms with Crippen molar-refractivity contribution in [3.63, 3.8) is 0 Å². The molecule has 2 aromatic carbocycles. The number of hydrogen-bond donors (Lipinski definition) is 0. The van der Waals surface area contributed by atoms with Crippen LogP contribution >= 0.6 is 11.8 Å². The molecular formula is C27H30FNO3S. The van der Waals surface area contributed by atoms with Crippen LogP contribution in [0, 0.1) is 18.2 Å². The fourth-order valence-electron chi connectivity index (χ4n) is 4.86. The van der Waals surface area contributed by atoms with Crippen LogP contribution in [0.3, 0.4) is 0 Å². The molecule has 2 fully saturated rings. The van der Waals surface area contributed by atoms with Gasteiger partial charge in [0, 0.05) is 11.1 Å². The van der Waals surface area contributed by atoms with E-state index in [4.69, 9.17) is 4.74 Å². The fourth-order valence-corrected chi connectivity index (χ4v) is 6.03. The Bertz CT molecular complexity index is 1070. The smallest absolute Gasteiger partial charge is 0.338 e. The molecule has 1 saturated carbocycles. The second-order valence-corrected chi connectivity index (χ2v) is 10.3. The molecule has 4 rings (SSSR count). The van der Waals surface area contributed by atoms with Gasteiger partial charge in [-0.15, -0.1) is 11.8 Å². The van der Waals surface area contributed by atoms with E-state index in [9.17, 15) is 14.0 Å². The molecule has 2 aromatic rings. The third-order valence-electron chi connectivity index (χ3n) is 6.84. The van der Waals surface area contributed by atoms with Crippen LogP contribution in [0.15, 0.2) is 54.6 Å². The van der Waals surface area contributed by atoms with E-state index in [2.05, 4.69) is 13.5 Å². The molecule has 1 aliphatic heterocycles. The lowest BCUT2D eigenvalue weighted by Gasteiger charge is -2.36. The van der Waals surface area contributed by atoms with Crippen molar-refractivity contribution in [3.8, 4) is 0 Å². The Balaban J connectivity index is 1.50. The van der Waals surface area contributed by atoms with Crippen molar-refractivity contribution >= 4 is 29.3 Å². The lowest BCUT2D eigenvalue weighted by atomic mass is 9.71. The van der Waals surface area contributed by atoms with Crippen LogP contribution in [-0.4, -0.2) is 24.2 Å². The minimum atomic E-state index is -0.342. The summed E-state index contributed by atoms with van der Waals surface area (Å²) in [6, 6.07) is 11.6. The first-order valence-electron chi connectivity index (χ1n) is 11.5. The average molecular weight is 468 g/mol. The van der Waals surface area contributed by atoms with Gasteiger partial charge in [-0.1, -0.05) is 31.2 Å². The Morgan fingerprint density at radius 2 is 2.03 bits per heavy atom. The van der Waals surface area contributed by atoms with Gasteiger partial charge in [0.1, 0.15) is 11.2 Å². The Kier molecular flexibility index (Phi) is 6.94. The molecule has 2 aliphatic rings. The summed E-state index contributed by atoms with van der Waals surface area (Å²) in [6.45, 7) is 8.58. The molecule has 2 atom stereocenters. The van der Waals surface area contributed by atoms with E-state index in [1.807, 2.05) is 13.0 Å². The Morgan fingerprint density at radius 3 is 2.70 bits per heavy atom. The molecule has 1 amide bonds. The van der Waals surface area contributed by atoms with Gasteiger partial charge in [0.2, 0.25) is 5.91 Å². The number of anilines is 1. The summed E-state index contributed by atoms with van der Waals surface area (Å²) >= 11 is 1.51. The topological polar surface area (TPSA) is 46.6 Å². The van der Waals surface area contributed by atoms with Crippen LogP contribution < -0.4 is 4.90 Å². The highest BCUT2D eigenvalue weighted by Crippen LogP contribution is 2.43. The minimum absolute atomic E-state index is 0.00448. The maximum absolute atomic E-state index is 13.4. The van der Waals surface area contributed by atoms with Crippen molar-refractivity contribution in [2.24, 2.45) is 5.41 Å². The largest absolute Gasteiger partial charge is 0.461 e. The highest BCUT2D eigenvalue weighted by atomic mass is 32.2. The van der Waals surface area contributed by atoms with Crippen LogP contribution in [0.25, 0.3) is 0 Å². The van der Waals surface area contributed by atoms with E-state index in [-0.39, 0.29) is 28.5 Å². The number of ether oxygens (including phenoxy) is 1. The maximum atomic E-state index is 13.4. The van der Waals surface area contributed by atoms with Gasteiger partial charge < -0.3 is 4.74 Å². The summed E-state index contributed by atoms with van der Waals surface area (Å²) in [5.41, 5.74) is 4.15. The predicted octanol–water partition coefficient (Wildman–Crippen LogP) is 6.60.